The molecule has 5 heteroatoms. The number of nitrogens with one attached hydrogen (secondary N) is 1. The molecule has 0 spiro atoms. The van der Waals surface area contributed by atoms with E-state index in [1.54, 1.807) is 18.2 Å². The van der Waals surface area contributed by atoms with Crippen LogP contribution in [0.2, 0.25) is 0 Å². The van der Waals surface area contributed by atoms with Gasteiger partial charge in [0.05, 0.1) is 5.75 Å². The summed E-state index contributed by atoms with van der Waals surface area (Å²) in [7, 11) is 0. The van der Waals surface area contributed by atoms with Crippen molar-refractivity contribution < 1.29 is 9.18 Å². The van der Waals surface area contributed by atoms with Crippen LogP contribution in [0, 0.1) is 12.7 Å². The first-order valence-corrected chi connectivity index (χ1v) is 7.34. The minimum Gasteiger partial charge on any atom is -0.310 e. The van der Waals surface area contributed by atoms with Gasteiger partial charge >= 0.3 is 0 Å². The first kappa shape index (κ1) is 14.5. The lowest BCUT2D eigenvalue weighted by Gasteiger charge is -2.05. The van der Waals surface area contributed by atoms with Crippen LogP contribution in [-0.4, -0.2) is 16.6 Å². The van der Waals surface area contributed by atoms with Gasteiger partial charge in [-0.1, -0.05) is 18.2 Å². The maximum Gasteiger partial charge on any atom is 0.235 e. The van der Waals surface area contributed by atoms with Gasteiger partial charge in [0.25, 0.3) is 0 Å². The summed E-state index contributed by atoms with van der Waals surface area (Å²) in [5, 5.41) is 2.75. The van der Waals surface area contributed by atoms with Crippen LogP contribution in [0.3, 0.4) is 0 Å². The Hall–Kier alpha value is -1.88. The van der Waals surface area contributed by atoms with Gasteiger partial charge in [0.2, 0.25) is 5.91 Å². The number of nitrogens with zero attached hydrogens (tertiary/aromatic N) is 1. The SMILES string of the molecule is Cc1cccc(NC(=O)CSCc2ccc(F)cc2)n1. The summed E-state index contributed by atoms with van der Waals surface area (Å²) in [5.74, 6) is 1.25. The molecule has 0 saturated carbocycles. The molecule has 1 aromatic carbocycles. The van der Waals surface area contributed by atoms with Gasteiger partial charge in [0, 0.05) is 11.4 Å². The van der Waals surface area contributed by atoms with Crippen molar-refractivity contribution in [3.05, 3.63) is 59.5 Å². The maximum absolute atomic E-state index is 12.7. The summed E-state index contributed by atoms with van der Waals surface area (Å²) >= 11 is 1.48. The van der Waals surface area contributed by atoms with Crippen molar-refractivity contribution in [3.8, 4) is 0 Å². The lowest BCUT2D eigenvalue weighted by Crippen LogP contribution is -2.15. The van der Waals surface area contributed by atoms with Crippen molar-refractivity contribution in [1.29, 1.82) is 0 Å². The summed E-state index contributed by atoms with van der Waals surface area (Å²) in [4.78, 5) is 15.9. The largest absolute Gasteiger partial charge is 0.310 e. The van der Waals surface area contributed by atoms with E-state index in [0.29, 0.717) is 17.3 Å². The summed E-state index contributed by atoms with van der Waals surface area (Å²) in [5.41, 5.74) is 1.86. The molecule has 2 rings (SSSR count). The molecule has 0 aliphatic carbocycles. The third kappa shape index (κ3) is 4.66. The summed E-state index contributed by atoms with van der Waals surface area (Å²) in [6.45, 7) is 1.87. The van der Waals surface area contributed by atoms with Crippen molar-refractivity contribution in [2.45, 2.75) is 12.7 Å². The monoisotopic (exact) mass is 290 g/mol. The summed E-state index contributed by atoms with van der Waals surface area (Å²) < 4.78 is 12.7. The molecule has 0 atom stereocenters. The Balaban J connectivity index is 1.76. The molecule has 0 radical (unpaired) electrons. The number of hydrogen-bond donors (Lipinski definition) is 1. The van der Waals surface area contributed by atoms with Crippen LogP contribution < -0.4 is 5.32 Å². The molecule has 0 bridgehead atoms. The molecule has 0 unspecified atom stereocenters. The number of carbonyl (C=O) groups is 1. The van der Waals surface area contributed by atoms with Gasteiger partial charge in [-0.2, -0.15) is 0 Å². The van der Waals surface area contributed by atoms with Crippen LogP contribution in [0.5, 0.6) is 0 Å². The molecular weight excluding hydrogens is 275 g/mol. The average Bonchev–Trinajstić information content (AvgIpc) is 2.41. The molecule has 20 heavy (non-hydrogen) atoms. The topological polar surface area (TPSA) is 42.0 Å². The average molecular weight is 290 g/mol. The number of amides is 1. The zero-order valence-corrected chi connectivity index (χ0v) is 11.9. The van der Waals surface area contributed by atoms with Gasteiger partial charge in [-0.05, 0) is 36.8 Å². The second-order valence-electron chi connectivity index (χ2n) is 4.33. The fourth-order valence-corrected chi connectivity index (χ4v) is 2.42. The quantitative estimate of drug-likeness (QED) is 0.917. The Labute approximate surface area is 121 Å². The molecule has 0 fully saturated rings. The highest BCUT2D eigenvalue weighted by atomic mass is 32.2. The summed E-state index contributed by atoms with van der Waals surface area (Å²) in [6, 6.07) is 11.8. The first-order valence-electron chi connectivity index (χ1n) is 6.19. The van der Waals surface area contributed by atoms with Gasteiger partial charge in [-0.3, -0.25) is 4.79 Å². The van der Waals surface area contributed by atoms with Crippen molar-refractivity contribution in [2.75, 3.05) is 11.1 Å². The number of hydrogen-bond acceptors (Lipinski definition) is 3. The minimum absolute atomic E-state index is 0.0878. The van der Waals surface area contributed by atoms with Crippen molar-refractivity contribution in [2.24, 2.45) is 0 Å². The number of anilines is 1. The number of aryl methyl sites for hydroxylation is 1. The lowest BCUT2D eigenvalue weighted by atomic mass is 10.2. The van der Waals surface area contributed by atoms with Crippen molar-refractivity contribution in [1.82, 2.24) is 4.98 Å². The normalized spacial score (nSPS) is 10.3. The van der Waals surface area contributed by atoms with Gasteiger partial charge in [0.1, 0.15) is 11.6 Å². The first-order chi connectivity index (χ1) is 9.63. The van der Waals surface area contributed by atoms with Crippen molar-refractivity contribution in [3.63, 3.8) is 0 Å². The van der Waals surface area contributed by atoms with Crippen LogP contribution >= 0.6 is 11.8 Å². The van der Waals surface area contributed by atoms with Gasteiger partial charge in [-0.15, -0.1) is 11.8 Å². The van der Waals surface area contributed by atoms with E-state index in [0.717, 1.165) is 11.3 Å². The van der Waals surface area contributed by atoms with Gasteiger partial charge < -0.3 is 5.32 Å². The Morgan fingerprint density at radius 1 is 1.25 bits per heavy atom. The molecular formula is C15H15FN2OS. The van der Waals surface area contributed by atoms with E-state index < -0.39 is 0 Å². The smallest absolute Gasteiger partial charge is 0.235 e. The fourth-order valence-electron chi connectivity index (χ4n) is 1.63. The highest BCUT2D eigenvalue weighted by Gasteiger charge is 2.04. The van der Waals surface area contributed by atoms with E-state index in [9.17, 15) is 9.18 Å². The van der Waals surface area contributed by atoms with Gasteiger partial charge in [0.15, 0.2) is 0 Å². The molecule has 2 aromatic rings. The number of aromatic nitrogens is 1. The molecule has 0 aliphatic heterocycles. The number of halogens is 1. The lowest BCUT2D eigenvalue weighted by molar-refractivity contribution is -0.113. The third-order valence-electron chi connectivity index (χ3n) is 2.57. The number of rotatable bonds is 5. The predicted octanol–water partition coefficient (Wildman–Crippen LogP) is 3.40. The van der Waals surface area contributed by atoms with Crippen LogP contribution in [-0.2, 0) is 10.5 Å². The number of pyridine rings is 1. The second kappa shape index (κ2) is 7.05. The van der Waals surface area contributed by atoms with E-state index in [4.69, 9.17) is 0 Å². The van der Waals surface area contributed by atoms with E-state index in [1.165, 1.54) is 23.9 Å². The van der Waals surface area contributed by atoms with Crippen molar-refractivity contribution >= 4 is 23.5 Å². The third-order valence-corrected chi connectivity index (χ3v) is 3.57. The van der Waals surface area contributed by atoms with Crippen LogP contribution in [0.25, 0.3) is 0 Å². The minimum atomic E-state index is -0.248. The van der Waals surface area contributed by atoms with Crippen LogP contribution in [0.15, 0.2) is 42.5 Å². The molecule has 0 saturated heterocycles. The summed E-state index contributed by atoms with van der Waals surface area (Å²) in [6.07, 6.45) is 0. The number of thioether (sulfide) groups is 1. The van der Waals surface area contributed by atoms with E-state index in [1.807, 2.05) is 19.1 Å². The predicted molar refractivity (Wildman–Crippen MR) is 80.2 cm³/mol. The second-order valence-corrected chi connectivity index (χ2v) is 5.32. The molecule has 1 aromatic heterocycles. The fraction of sp³-hybridized carbons (Fsp3) is 0.200. The van der Waals surface area contributed by atoms with Crippen LogP contribution in [0.4, 0.5) is 10.2 Å². The van der Waals surface area contributed by atoms with Gasteiger partial charge in [-0.25, -0.2) is 9.37 Å². The standard InChI is InChI=1S/C15H15FN2OS/c1-11-3-2-4-14(17-11)18-15(19)10-20-9-12-5-7-13(16)8-6-12/h2-8H,9-10H2,1H3,(H,17,18,19). The Morgan fingerprint density at radius 2 is 2.00 bits per heavy atom. The van der Waals surface area contributed by atoms with E-state index in [2.05, 4.69) is 10.3 Å². The van der Waals surface area contributed by atoms with Crippen LogP contribution in [0.1, 0.15) is 11.3 Å². The molecule has 0 aliphatic rings. The Morgan fingerprint density at radius 3 is 2.70 bits per heavy atom. The molecule has 1 N–H and O–H groups in total. The zero-order chi connectivity index (χ0) is 14.4. The zero-order valence-electron chi connectivity index (χ0n) is 11.1. The Kier molecular flexibility index (Phi) is 5.12. The molecule has 104 valence electrons. The molecule has 3 nitrogen and oxygen atoms in total. The molecule has 1 amide bonds. The highest BCUT2D eigenvalue weighted by molar-refractivity contribution is 7.99. The Bertz CT molecular complexity index is 587. The van der Waals surface area contributed by atoms with E-state index >= 15 is 0 Å². The molecule has 1 heterocycles. The number of benzene rings is 1. The van der Waals surface area contributed by atoms with E-state index in [-0.39, 0.29) is 11.7 Å². The number of carbonyl (C=O) groups excluding carboxylic acids is 1. The highest BCUT2D eigenvalue weighted by Crippen LogP contribution is 2.13. The maximum atomic E-state index is 12.7.